The van der Waals surface area contributed by atoms with Crippen LogP contribution in [-0.2, 0) is 0 Å². The maximum atomic E-state index is 3.64. The van der Waals surface area contributed by atoms with Crippen molar-refractivity contribution in [1.82, 2.24) is 5.32 Å². The topological polar surface area (TPSA) is 12.0 Å². The van der Waals surface area contributed by atoms with E-state index in [0.717, 1.165) is 6.54 Å². The van der Waals surface area contributed by atoms with Crippen molar-refractivity contribution < 1.29 is 0 Å². The van der Waals surface area contributed by atoms with Crippen LogP contribution in [0.15, 0.2) is 11.4 Å². The Balaban J connectivity index is 2.58. The van der Waals surface area contributed by atoms with E-state index in [4.69, 9.17) is 0 Å². The zero-order valence-electron chi connectivity index (χ0n) is 9.88. The molecule has 1 rings (SSSR count). The van der Waals surface area contributed by atoms with Gasteiger partial charge in [0.05, 0.1) is 0 Å². The van der Waals surface area contributed by atoms with Crippen LogP contribution >= 0.6 is 23.1 Å². The van der Waals surface area contributed by atoms with Crippen molar-refractivity contribution in [2.45, 2.75) is 32.7 Å². The Morgan fingerprint density at radius 3 is 2.87 bits per heavy atom. The Labute approximate surface area is 102 Å². The lowest BCUT2D eigenvalue weighted by Crippen LogP contribution is -2.22. The number of rotatable bonds is 7. The van der Waals surface area contributed by atoms with Crippen LogP contribution in [-0.4, -0.2) is 18.6 Å². The maximum absolute atomic E-state index is 3.64. The lowest BCUT2D eigenvalue weighted by molar-refractivity contribution is 0.521. The number of aryl methyl sites for hydroxylation is 1. The van der Waals surface area contributed by atoms with Gasteiger partial charge in [-0.25, -0.2) is 0 Å². The highest BCUT2D eigenvalue weighted by Crippen LogP contribution is 2.25. The van der Waals surface area contributed by atoms with Gasteiger partial charge in [0.1, 0.15) is 0 Å². The van der Waals surface area contributed by atoms with Gasteiger partial charge in [-0.1, -0.05) is 6.92 Å². The maximum Gasteiger partial charge on any atom is 0.0338 e. The Bertz CT molecular complexity index is 262. The summed E-state index contributed by atoms with van der Waals surface area (Å²) in [5, 5.41) is 5.84. The van der Waals surface area contributed by atoms with Crippen LogP contribution in [0.1, 0.15) is 36.2 Å². The largest absolute Gasteiger partial charge is 0.310 e. The van der Waals surface area contributed by atoms with Gasteiger partial charge < -0.3 is 5.32 Å². The van der Waals surface area contributed by atoms with E-state index in [2.05, 4.69) is 36.9 Å². The monoisotopic (exact) mass is 243 g/mol. The second kappa shape index (κ2) is 7.31. The summed E-state index contributed by atoms with van der Waals surface area (Å²) in [7, 11) is 0. The molecule has 1 unspecified atom stereocenters. The van der Waals surface area contributed by atoms with E-state index >= 15 is 0 Å². The summed E-state index contributed by atoms with van der Waals surface area (Å²) in [6.45, 7) is 5.56. The van der Waals surface area contributed by atoms with E-state index in [-0.39, 0.29) is 0 Å². The van der Waals surface area contributed by atoms with E-state index in [1.165, 1.54) is 29.0 Å². The Morgan fingerprint density at radius 2 is 2.33 bits per heavy atom. The van der Waals surface area contributed by atoms with Crippen molar-refractivity contribution >= 4 is 23.1 Å². The van der Waals surface area contributed by atoms with Gasteiger partial charge in [0, 0.05) is 10.9 Å². The molecule has 0 spiro atoms. The standard InChI is InChI=1S/C12H21NS2/c1-4-7-13-12(6-8-14-3)11-5-9-15-10(11)2/h5,9,12-13H,4,6-8H2,1-3H3. The normalized spacial score (nSPS) is 13.0. The SMILES string of the molecule is CCCNC(CCSC)c1ccsc1C. The van der Waals surface area contributed by atoms with E-state index < -0.39 is 0 Å². The fourth-order valence-corrected chi connectivity index (χ4v) is 2.91. The van der Waals surface area contributed by atoms with E-state index in [9.17, 15) is 0 Å². The average Bonchev–Trinajstić information content (AvgIpc) is 2.65. The molecule has 1 aromatic rings. The number of hydrogen-bond acceptors (Lipinski definition) is 3. The van der Waals surface area contributed by atoms with E-state index in [1.54, 1.807) is 0 Å². The van der Waals surface area contributed by atoms with Crippen molar-refractivity contribution in [1.29, 1.82) is 0 Å². The highest BCUT2D eigenvalue weighted by molar-refractivity contribution is 7.98. The number of nitrogens with one attached hydrogen (secondary N) is 1. The summed E-state index contributed by atoms with van der Waals surface area (Å²) >= 11 is 3.78. The van der Waals surface area contributed by atoms with Crippen LogP contribution in [0.3, 0.4) is 0 Å². The summed E-state index contributed by atoms with van der Waals surface area (Å²) < 4.78 is 0. The minimum absolute atomic E-state index is 0.559. The summed E-state index contributed by atoms with van der Waals surface area (Å²) in [5.74, 6) is 1.23. The molecule has 0 saturated heterocycles. The molecule has 0 bridgehead atoms. The third-order valence-electron chi connectivity index (χ3n) is 2.53. The molecule has 15 heavy (non-hydrogen) atoms. The molecule has 1 nitrogen and oxygen atoms in total. The van der Waals surface area contributed by atoms with Crippen molar-refractivity contribution in [2.24, 2.45) is 0 Å². The fourth-order valence-electron chi connectivity index (χ4n) is 1.68. The Hall–Kier alpha value is 0.01000. The Morgan fingerprint density at radius 1 is 1.53 bits per heavy atom. The summed E-state index contributed by atoms with van der Waals surface area (Å²) in [6, 6.07) is 2.83. The highest BCUT2D eigenvalue weighted by Gasteiger charge is 2.12. The molecule has 0 aromatic carbocycles. The van der Waals surface area contributed by atoms with Gasteiger partial charge in [0.2, 0.25) is 0 Å². The molecule has 1 N–H and O–H groups in total. The smallest absolute Gasteiger partial charge is 0.0338 e. The number of thiophene rings is 1. The molecule has 0 aliphatic carbocycles. The summed E-state index contributed by atoms with van der Waals surface area (Å²) in [4.78, 5) is 1.46. The molecule has 1 atom stereocenters. The number of hydrogen-bond donors (Lipinski definition) is 1. The molecule has 3 heteroatoms. The summed E-state index contributed by atoms with van der Waals surface area (Å²) in [6.07, 6.45) is 4.62. The minimum atomic E-state index is 0.559. The second-order valence-electron chi connectivity index (χ2n) is 3.72. The first-order valence-electron chi connectivity index (χ1n) is 5.56. The van der Waals surface area contributed by atoms with Crippen LogP contribution in [0, 0.1) is 6.92 Å². The lowest BCUT2D eigenvalue weighted by Gasteiger charge is -2.18. The van der Waals surface area contributed by atoms with Crippen LogP contribution in [0.5, 0.6) is 0 Å². The molecule has 1 heterocycles. The number of thioether (sulfide) groups is 1. The Kier molecular flexibility index (Phi) is 6.37. The van der Waals surface area contributed by atoms with Crippen molar-refractivity contribution in [2.75, 3.05) is 18.6 Å². The quantitative estimate of drug-likeness (QED) is 0.780. The van der Waals surface area contributed by atoms with Gasteiger partial charge in [0.15, 0.2) is 0 Å². The molecular weight excluding hydrogens is 222 g/mol. The highest BCUT2D eigenvalue weighted by atomic mass is 32.2. The molecule has 1 aromatic heterocycles. The predicted molar refractivity (Wildman–Crippen MR) is 73.1 cm³/mol. The van der Waals surface area contributed by atoms with Crippen molar-refractivity contribution in [3.05, 3.63) is 21.9 Å². The van der Waals surface area contributed by atoms with Crippen LogP contribution in [0.4, 0.5) is 0 Å². The van der Waals surface area contributed by atoms with E-state index in [0.29, 0.717) is 6.04 Å². The molecule has 0 radical (unpaired) electrons. The van der Waals surface area contributed by atoms with Gasteiger partial charge in [-0.15, -0.1) is 11.3 Å². The molecule has 0 saturated carbocycles. The molecule has 0 fully saturated rings. The van der Waals surface area contributed by atoms with Crippen LogP contribution in [0.25, 0.3) is 0 Å². The van der Waals surface area contributed by atoms with Crippen LogP contribution < -0.4 is 5.32 Å². The molecule has 0 aliphatic heterocycles. The lowest BCUT2D eigenvalue weighted by atomic mass is 10.1. The molecule has 0 aliphatic rings. The van der Waals surface area contributed by atoms with Gasteiger partial charge in [-0.3, -0.25) is 0 Å². The first-order valence-corrected chi connectivity index (χ1v) is 7.83. The second-order valence-corrected chi connectivity index (χ2v) is 5.83. The predicted octanol–water partition coefficient (Wildman–Crippen LogP) is 3.85. The van der Waals surface area contributed by atoms with Gasteiger partial charge in [-0.2, -0.15) is 11.8 Å². The molecular formula is C12H21NS2. The fraction of sp³-hybridized carbons (Fsp3) is 0.667. The van der Waals surface area contributed by atoms with Gasteiger partial charge >= 0.3 is 0 Å². The zero-order valence-corrected chi connectivity index (χ0v) is 11.5. The van der Waals surface area contributed by atoms with Gasteiger partial charge in [0.25, 0.3) is 0 Å². The van der Waals surface area contributed by atoms with E-state index in [1.807, 2.05) is 23.1 Å². The molecule has 86 valence electrons. The average molecular weight is 243 g/mol. The van der Waals surface area contributed by atoms with Gasteiger partial charge in [-0.05, 0) is 55.3 Å². The first-order chi connectivity index (χ1) is 7.29. The third kappa shape index (κ3) is 4.17. The van der Waals surface area contributed by atoms with Crippen LogP contribution in [0.2, 0.25) is 0 Å². The minimum Gasteiger partial charge on any atom is -0.310 e. The molecule has 0 amide bonds. The first kappa shape index (κ1) is 13.1. The van der Waals surface area contributed by atoms with Crippen molar-refractivity contribution in [3.8, 4) is 0 Å². The summed E-state index contributed by atoms with van der Waals surface area (Å²) in [5.41, 5.74) is 1.50. The van der Waals surface area contributed by atoms with Crippen molar-refractivity contribution in [3.63, 3.8) is 0 Å². The third-order valence-corrected chi connectivity index (χ3v) is 4.03. The zero-order chi connectivity index (χ0) is 11.1.